The number of imide groups is 2. The summed E-state index contributed by atoms with van der Waals surface area (Å²) < 4.78 is 0. The van der Waals surface area contributed by atoms with E-state index in [1.165, 1.54) is 24.9 Å². The number of aryl methyl sites for hydroxylation is 1. The van der Waals surface area contributed by atoms with Crippen LogP contribution in [0.15, 0.2) is 54.7 Å². The largest absolute Gasteiger partial charge is 0.370 e. The maximum atomic E-state index is 13.0. The third kappa shape index (κ3) is 7.60. The average Bonchev–Trinajstić information content (AvgIpc) is 3.66. The number of fused-ring (bicyclic) bond motifs is 1. The number of anilines is 3. The summed E-state index contributed by atoms with van der Waals surface area (Å²) in [5.41, 5.74) is 5.80. The number of carbonyl (C=O) groups excluding carboxylic acids is 5. The van der Waals surface area contributed by atoms with Crippen molar-refractivity contribution in [3.8, 4) is 6.07 Å². The molecular weight excluding hydrogens is 758 g/mol. The monoisotopic (exact) mass is 805 g/mol. The maximum absolute atomic E-state index is 13.0. The topological polar surface area (TPSA) is 153 Å². The van der Waals surface area contributed by atoms with Gasteiger partial charge in [0.2, 0.25) is 18.2 Å². The van der Waals surface area contributed by atoms with Crippen molar-refractivity contribution in [1.82, 2.24) is 25.0 Å². The Kier molecular flexibility index (Phi) is 10.9. The number of piperidine rings is 2. The zero-order valence-electron chi connectivity index (χ0n) is 32.9. The average molecular weight is 806 g/mol. The molecule has 2 atom stereocenters. The molecule has 1 N–H and O–H groups in total. The number of pyridine rings is 1. The Labute approximate surface area is 343 Å². The molecule has 7 heterocycles. The molecule has 6 aliphatic heterocycles. The zero-order chi connectivity index (χ0) is 40.7. The predicted molar refractivity (Wildman–Crippen MR) is 219 cm³/mol. The molecule has 5 saturated heterocycles. The van der Waals surface area contributed by atoms with Crippen molar-refractivity contribution in [2.45, 2.75) is 64.1 Å². The van der Waals surface area contributed by atoms with Gasteiger partial charge in [0, 0.05) is 94.5 Å². The van der Waals surface area contributed by atoms with Gasteiger partial charge >= 0.3 is 0 Å². The number of nitrogens with one attached hydrogen (secondary N) is 1. The summed E-state index contributed by atoms with van der Waals surface area (Å²) in [6.07, 6.45) is 6.75. The van der Waals surface area contributed by atoms with Crippen LogP contribution in [0.2, 0.25) is 5.02 Å². The zero-order valence-corrected chi connectivity index (χ0v) is 33.7. The number of piperazine rings is 1. The number of nitriles is 1. The van der Waals surface area contributed by atoms with Crippen LogP contribution >= 0.6 is 11.6 Å². The molecule has 2 aromatic carbocycles. The van der Waals surface area contributed by atoms with Gasteiger partial charge in [-0.3, -0.25) is 44.1 Å². The molecule has 0 saturated carbocycles. The lowest BCUT2D eigenvalue weighted by atomic mass is 9.76. The summed E-state index contributed by atoms with van der Waals surface area (Å²) in [7, 11) is 0. The molecule has 0 radical (unpaired) electrons. The van der Waals surface area contributed by atoms with Crippen molar-refractivity contribution in [3.63, 3.8) is 0 Å². The van der Waals surface area contributed by atoms with Crippen molar-refractivity contribution < 1.29 is 24.0 Å². The standard InChI is InChI=1S/C22H25ClN4.C21H23N5O5/c1-16-3-5-20(14-25-16)26-9-7-22(8-10-26)12-17(2)27(15-22)19-6-4-18(13-24)21(23)11-19;27-12-23-5-7-24(8-6-23)14-10-25(11-14)13-1-2-15-16(9-13)21(31)26(20(15)30)17-3-4-18(28)22-19(17)29/h3-6,11,14,17H,7-10,12,15H2,1-2H3;1-2,9,12,14,17H,3-8,10-11H2,(H,22,28,29). The minimum absolute atomic E-state index is 0.103. The Hall–Kier alpha value is -5.52. The van der Waals surface area contributed by atoms with Gasteiger partial charge in [-0.1, -0.05) is 11.6 Å². The van der Waals surface area contributed by atoms with Gasteiger partial charge in [0.1, 0.15) is 12.1 Å². The lowest BCUT2D eigenvalue weighted by molar-refractivity contribution is -0.136. The second-order valence-electron chi connectivity index (χ2n) is 16.5. The van der Waals surface area contributed by atoms with Crippen LogP contribution in [0.25, 0.3) is 0 Å². The summed E-state index contributed by atoms with van der Waals surface area (Å²) >= 11 is 6.27. The third-order valence-electron chi connectivity index (χ3n) is 12.9. The fourth-order valence-electron chi connectivity index (χ4n) is 9.45. The lowest BCUT2D eigenvalue weighted by Gasteiger charge is -2.48. The number of aromatic nitrogens is 1. The molecule has 302 valence electrons. The molecule has 15 heteroatoms. The highest BCUT2D eigenvalue weighted by Gasteiger charge is 2.46. The summed E-state index contributed by atoms with van der Waals surface area (Å²) in [6.45, 7) is 12.4. The van der Waals surface area contributed by atoms with Crippen LogP contribution in [0, 0.1) is 23.7 Å². The molecule has 1 spiro atoms. The summed E-state index contributed by atoms with van der Waals surface area (Å²) in [4.78, 5) is 76.9. The van der Waals surface area contributed by atoms with Gasteiger partial charge in [-0.25, -0.2) is 0 Å². The fraction of sp³-hybridized carbons (Fsp3) is 0.465. The number of nitrogens with zero attached hydrogens (tertiary/aromatic N) is 8. The van der Waals surface area contributed by atoms with Crippen LogP contribution in [0.1, 0.15) is 71.0 Å². The molecule has 58 heavy (non-hydrogen) atoms. The Morgan fingerprint density at radius 3 is 2.24 bits per heavy atom. The highest BCUT2D eigenvalue weighted by atomic mass is 35.5. The van der Waals surface area contributed by atoms with E-state index >= 15 is 0 Å². The molecule has 9 rings (SSSR count). The van der Waals surface area contributed by atoms with Crippen LogP contribution < -0.4 is 20.0 Å². The first kappa shape index (κ1) is 39.3. The minimum atomic E-state index is -0.952. The molecular formula is C43H48ClN9O5. The first-order chi connectivity index (χ1) is 28.0. The molecule has 6 aliphatic rings. The van der Waals surface area contributed by atoms with Gasteiger partial charge in [-0.2, -0.15) is 5.26 Å². The van der Waals surface area contributed by atoms with E-state index in [1.807, 2.05) is 37.4 Å². The first-order valence-corrected chi connectivity index (χ1v) is 20.5. The van der Waals surface area contributed by atoms with Crippen molar-refractivity contribution in [2.75, 3.05) is 73.6 Å². The van der Waals surface area contributed by atoms with E-state index in [9.17, 15) is 24.0 Å². The highest BCUT2D eigenvalue weighted by Crippen LogP contribution is 2.46. The molecule has 5 amide bonds. The number of benzene rings is 2. The van der Waals surface area contributed by atoms with Crippen molar-refractivity contribution in [1.29, 1.82) is 5.26 Å². The Balaban J connectivity index is 0.000000164. The normalized spacial score (nSPS) is 23.3. The van der Waals surface area contributed by atoms with Gasteiger partial charge in [-0.15, -0.1) is 0 Å². The number of hydrogen-bond acceptors (Lipinski definition) is 11. The Morgan fingerprint density at radius 2 is 1.59 bits per heavy atom. The van der Waals surface area contributed by atoms with Crippen molar-refractivity contribution in [2.24, 2.45) is 5.41 Å². The number of halogens is 1. The molecule has 3 aromatic rings. The molecule has 2 unspecified atom stereocenters. The van der Waals surface area contributed by atoms with Gasteiger partial charge in [0.15, 0.2) is 0 Å². The number of carbonyl (C=O) groups is 5. The van der Waals surface area contributed by atoms with Gasteiger partial charge in [-0.05, 0) is 93.5 Å². The fourth-order valence-corrected chi connectivity index (χ4v) is 9.66. The van der Waals surface area contributed by atoms with Crippen LogP contribution in [-0.4, -0.2) is 127 Å². The van der Waals surface area contributed by atoms with E-state index in [4.69, 9.17) is 16.9 Å². The molecule has 14 nitrogen and oxygen atoms in total. The van der Waals surface area contributed by atoms with E-state index in [0.717, 1.165) is 87.3 Å². The summed E-state index contributed by atoms with van der Waals surface area (Å²) in [5, 5.41) is 11.9. The molecule has 5 fully saturated rings. The second-order valence-corrected chi connectivity index (χ2v) is 16.9. The van der Waals surface area contributed by atoms with E-state index in [1.54, 1.807) is 17.0 Å². The Bertz CT molecular complexity index is 2150. The van der Waals surface area contributed by atoms with Gasteiger partial charge in [0.05, 0.1) is 33.6 Å². The van der Waals surface area contributed by atoms with E-state index in [-0.39, 0.29) is 18.7 Å². The SMILES string of the molecule is Cc1ccc(N2CCC3(CC2)CC(C)N(c2ccc(C#N)c(Cl)c2)C3)cn1.O=CN1CCN(C2CN(c3ccc4c(c3)C(=O)N(C3CCC(=O)NC3=O)C4=O)C2)CC1. The smallest absolute Gasteiger partial charge is 0.262 e. The number of rotatable bonds is 6. The molecule has 1 aromatic heterocycles. The first-order valence-electron chi connectivity index (χ1n) is 20.1. The van der Waals surface area contributed by atoms with Crippen molar-refractivity contribution >= 4 is 58.7 Å². The van der Waals surface area contributed by atoms with E-state index in [2.05, 4.69) is 55.0 Å². The third-order valence-corrected chi connectivity index (χ3v) is 13.2. The number of amides is 5. The highest BCUT2D eigenvalue weighted by molar-refractivity contribution is 6.32. The second kappa shape index (κ2) is 16.0. The van der Waals surface area contributed by atoms with Crippen LogP contribution in [-0.2, 0) is 14.4 Å². The maximum Gasteiger partial charge on any atom is 0.262 e. The van der Waals surface area contributed by atoms with Crippen LogP contribution in [0.4, 0.5) is 17.1 Å². The summed E-state index contributed by atoms with van der Waals surface area (Å²) in [6, 6.07) is 17.4. The predicted octanol–water partition coefficient (Wildman–Crippen LogP) is 3.85. The number of hydrogen-bond donors (Lipinski definition) is 1. The quantitative estimate of drug-likeness (QED) is 0.286. The van der Waals surface area contributed by atoms with Crippen molar-refractivity contribution in [3.05, 3.63) is 82.1 Å². The minimum Gasteiger partial charge on any atom is -0.370 e. The van der Waals surface area contributed by atoms with E-state index < -0.39 is 23.8 Å². The van der Waals surface area contributed by atoms with Gasteiger partial charge in [0.25, 0.3) is 11.8 Å². The van der Waals surface area contributed by atoms with E-state index in [0.29, 0.717) is 39.2 Å². The van der Waals surface area contributed by atoms with Crippen LogP contribution in [0.3, 0.4) is 0 Å². The summed E-state index contributed by atoms with van der Waals surface area (Å²) in [5.74, 6) is -1.97. The Morgan fingerprint density at radius 1 is 0.879 bits per heavy atom. The molecule has 0 aliphatic carbocycles. The van der Waals surface area contributed by atoms with Gasteiger partial charge < -0.3 is 19.6 Å². The lowest BCUT2D eigenvalue weighted by Crippen LogP contribution is -2.63. The van der Waals surface area contributed by atoms with Crippen LogP contribution in [0.5, 0.6) is 0 Å². The molecule has 0 bridgehead atoms.